The summed E-state index contributed by atoms with van der Waals surface area (Å²) in [7, 11) is 0. The van der Waals surface area contributed by atoms with Crippen LogP contribution in [0.5, 0.6) is 0 Å². The Labute approximate surface area is 364 Å². The fourth-order valence-electron chi connectivity index (χ4n) is 6.02. The summed E-state index contributed by atoms with van der Waals surface area (Å²) in [6.45, 7) is 0. The Bertz CT molecular complexity index is 1980. The highest BCUT2D eigenvalue weighted by molar-refractivity contribution is 8.40. The Hall–Kier alpha value is -0.480. The largest absolute Gasteiger partial charge is 0.122 e. The summed E-state index contributed by atoms with van der Waals surface area (Å²) in [4.78, 5) is 0. The average Bonchev–Trinajstić information content (AvgIpc) is 4.06. The van der Waals surface area contributed by atoms with E-state index in [9.17, 15) is 0 Å². The Kier molecular flexibility index (Phi) is 14.0. The monoisotopic (exact) mass is 908 g/mol. The van der Waals surface area contributed by atoms with E-state index in [0.717, 1.165) is 11.5 Å². The highest BCUT2D eigenvalue weighted by Gasteiger charge is 2.38. The van der Waals surface area contributed by atoms with Crippen molar-refractivity contribution in [2.24, 2.45) is 0 Å². The van der Waals surface area contributed by atoms with Crippen molar-refractivity contribution in [3.8, 4) is 0 Å². The molecule has 0 atom stereocenters. The third-order valence-corrected chi connectivity index (χ3v) is 24.3. The van der Waals surface area contributed by atoms with Gasteiger partial charge >= 0.3 is 0 Å². The lowest BCUT2D eigenvalue weighted by atomic mass is 9.65. The summed E-state index contributed by atoms with van der Waals surface area (Å²) in [5, 5.41) is 9.21. The van der Waals surface area contributed by atoms with Crippen LogP contribution in [0.3, 0.4) is 0 Å². The predicted octanol–water partition coefficient (Wildman–Crippen LogP) is 16.6. The molecule has 12 heteroatoms. The van der Waals surface area contributed by atoms with Crippen LogP contribution in [0, 0.1) is 0 Å². The average molecular weight is 910 g/mol. The third-order valence-electron chi connectivity index (χ3n) is 8.51. The first-order valence-electron chi connectivity index (χ1n) is 16.4. The SMILES string of the molecule is CSC1=CS/C(=C2\SC=C(SCc3ccc(C(c4ccccc4)(c4ccccc4)c4ccc(CSC5=CS/C(=C6\SC=C(SC)S6)S5)cc4)cc3)S2)S1. The first-order valence-corrected chi connectivity index (χ1v) is 27.6. The van der Waals surface area contributed by atoms with Crippen LogP contribution in [0.1, 0.15) is 33.4 Å². The van der Waals surface area contributed by atoms with Gasteiger partial charge in [-0.05, 0) is 67.5 Å². The quantitative estimate of drug-likeness (QED) is 0.124. The van der Waals surface area contributed by atoms with E-state index in [1.807, 2.05) is 141 Å². The van der Waals surface area contributed by atoms with Crippen molar-refractivity contribution in [2.75, 3.05) is 12.5 Å². The maximum absolute atomic E-state index is 2.37. The minimum absolute atomic E-state index is 0.455. The van der Waals surface area contributed by atoms with Crippen molar-refractivity contribution in [3.63, 3.8) is 0 Å². The molecule has 4 aromatic carbocycles. The van der Waals surface area contributed by atoms with Crippen molar-refractivity contribution in [1.29, 1.82) is 0 Å². The Balaban J connectivity index is 1.01. The summed E-state index contributed by atoms with van der Waals surface area (Å²) in [5.41, 5.74) is 7.33. The number of benzene rings is 4. The number of thioether (sulfide) groups is 12. The van der Waals surface area contributed by atoms with Gasteiger partial charge in [0.2, 0.25) is 0 Å². The van der Waals surface area contributed by atoms with Gasteiger partial charge in [-0.3, -0.25) is 0 Å². The van der Waals surface area contributed by atoms with Crippen LogP contribution in [0.15, 0.2) is 165 Å². The molecule has 53 heavy (non-hydrogen) atoms. The molecule has 0 nitrogen and oxygen atoms in total. The normalized spacial score (nSPS) is 20.1. The minimum atomic E-state index is -0.455. The lowest BCUT2D eigenvalue weighted by Gasteiger charge is -2.37. The van der Waals surface area contributed by atoms with Crippen molar-refractivity contribution >= 4 is 141 Å². The molecule has 4 heterocycles. The van der Waals surface area contributed by atoms with Crippen LogP contribution in [0.2, 0.25) is 0 Å². The molecule has 0 N–H and O–H groups in total. The van der Waals surface area contributed by atoms with Gasteiger partial charge in [0.05, 0.1) is 39.3 Å². The molecule has 0 unspecified atom stereocenters. The topological polar surface area (TPSA) is 0 Å². The van der Waals surface area contributed by atoms with E-state index in [1.54, 1.807) is 0 Å². The summed E-state index contributed by atoms with van der Waals surface area (Å²) in [6, 6.07) is 40.9. The van der Waals surface area contributed by atoms with Crippen molar-refractivity contribution in [2.45, 2.75) is 16.9 Å². The number of hydrogen-bond acceptors (Lipinski definition) is 12. The molecule has 4 aliphatic heterocycles. The Morgan fingerprint density at radius 3 is 1.06 bits per heavy atom. The number of rotatable bonds is 12. The maximum atomic E-state index is 2.37. The van der Waals surface area contributed by atoms with Crippen molar-refractivity contribution in [3.05, 3.63) is 198 Å². The summed E-state index contributed by atoms with van der Waals surface area (Å²) in [6.07, 6.45) is 4.31. The zero-order chi connectivity index (χ0) is 36.0. The van der Waals surface area contributed by atoms with E-state index in [0.29, 0.717) is 0 Å². The Morgan fingerprint density at radius 1 is 0.396 bits per heavy atom. The lowest BCUT2D eigenvalue weighted by molar-refractivity contribution is 0.744. The van der Waals surface area contributed by atoms with E-state index in [-0.39, 0.29) is 0 Å². The van der Waals surface area contributed by atoms with Gasteiger partial charge < -0.3 is 0 Å². The van der Waals surface area contributed by atoms with Gasteiger partial charge in [-0.15, -0.1) is 47.0 Å². The van der Waals surface area contributed by atoms with Gasteiger partial charge in [-0.25, -0.2) is 0 Å². The molecule has 0 saturated carbocycles. The predicted molar refractivity (Wildman–Crippen MR) is 261 cm³/mol. The molecule has 8 rings (SSSR count). The van der Waals surface area contributed by atoms with Crippen LogP contribution in [-0.4, -0.2) is 12.5 Å². The summed E-state index contributed by atoms with van der Waals surface area (Å²) in [5.74, 6) is 1.90. The van der Waals surface area contributed by atoms with Crippen molar-refractivity contribution < 1.29 is 0 Å². The second kappa shape index (κ2) is 18.9. The van der Waals surface area contributed by atoms with E-state index in [4.69, 9.17) is 0 Å². The van der Waals surface area contributed by atoms with Gasteiger partial charge in [-0.2, -0.15) is 0 Å². The van der Waals surface area contributed by atoms with Crippen LogP contribution in [-0.2, 0) is 16.9 Å². The van der Waals surface area contributed by atoms with Gasteiger partial charge in [-0.1, -0.05) is 203 Å². The van der Waals surface area contributed by atoms with Gasteiger partial charge in [0.25, 0.3) is 0 Å². The van der Waals surface area contributed by atoms with Gasteiger partial charge in [0.1, 0.15) is 0 Å². The zero-order valence-electron chi connectivity index (χ0n) is 28.5. The van der Waals surface area contributed by atoms with Crippen LogP contribution in [0.4, 0.5) is 0 Å². The molecule has 268 valence electrons. The molecule has 4 aliphatic rings. The zero-order valence-corrected chi connectivity index (χ0v) is 38.3. The molecule has 0 aliphatic carbocycles. The van der Waals surface area contributed by atoms with E-state index < -0.39 is 5.41 Å². The molecular formula is C41H32S12. The molecule has 0 saturated heterocycles. The minimum Gasteiger partial charge on any atom is -0.122 e. The fourth-order valence-corrected chi connectivity index (χ4v) is 20.2. The maximum Gasteiger partial charge on any atom is 0.0706 e. The summed E-state index contributed by atoms with van der Waals surface area (Å²) < 4.78 is 11.2. The lowest BCUT2D eigenvalue weighted by Crippen LogP contribution is -2.31. The molecule has 0 amide bonds. The summed E-state index contributed by atoms with van der Waals surface area (Å²) >= 11 is 22.7. The van der Waals surface area contributed by atoms with Crippen LogP contribution in [0.25, 0.3) is 0 Å². The van der Waals surface area contributed by atoms with Crippen LogP contribution >= 0.6 is 141 Å². The molecule has 0 fully saturated rings. The molecule has 4 aromatic rings. The molecule has 0 bridgehead atoms. The molecule has 0 spiro atoms. The Morgan fingerprint density at radius 2 is 0.717 bits per heavy atom. The first kappa shape index (κ1) is 39.4. The van der Waals surface area contributed by atoms with Crippen LogP contribution < -0.4 is 0 Å². The first-order chi connectivity index (χ1) is 26.1. The number of hydrogen-bond donors (Lipinski definition) is 0. The van der Waals surface area contributed by atoms with E-state index >= 15 is 0 Å². The van der Waals surface area contributed by atoms with Gasteiger partial charge in [0.15, 0.2) is 0 Å². The fraction of sp³-hybridized carbons (Fsp3) is 0.122. The van der Waals surface area contributed by atoms with E-state index in [2.05, 4.69) is 143 Å². The highest BCUT2D eigenvalue weighted by Crippen LogP contribution is 2.60. The third kappa shape index (κ3) is 9.15. The molecule has 0 aromatic heterocycles. The molecular weight excluding hydrogens is 877 g/mol. The second-order valence-corrected chi connectivity index (χ2v) is 25.2. The van der Waals surface area contributed by atoms with Gasteiger partial charge in [0, 0.05) is 11.5 Å². The second-order valence-electron chi connectivity index (χ2n) is 11.6. The highest BCUT2D eigenvalue weighted by atomic mass is 32.3. The smallest absolute Gasteiger partial charge is 0.0706 e. The molecule has 0 radical (unpaired) electrons. The van der Waals surface area contributed by atoms with Crippen molar-refractivity contribution in [1.82, 2.24) is 0 Å². The van der Waals surface area contributed by atoms with E-state index in [1.165, 1.54) is 67.3 Å². The standard InChI is InChI=1S/C41H32S12/c1-42-33-23-46-37(50-33)39-48-25-35(52-39)44-21-27-13-17-31(18-14-27)41(29-9-5-3-6-10-29,30-11-7-4-8-12-30)32-19-15-28(16-20-32)22-45-36-26-49-40(53-36)38-47-24-34(43-2)51-38/h3-20,23-26H,21-22H2,1-2H3/b39-37-,40-38-.